The van der Waals surface area contributed by atoms with Gasteiger partial charge in [-0.05, 0) is 37.1 Å². The van der Waals surface area contributed by atoms with Crippen molar-refractivity contribution >= 4 is 28.8 Å². The average molecular weight is 377 g/mol. The molecule has 1 atom stereocenters. The molecule has 6 heteroatoms. The number of para-hydroxylation sites is 1. The third-order valence-corrected chi connectivity index (χ3v) is 5.00. The van der Waals surface area contributed by atoms with Crippen LogP contribution in [0.1, 0.15) is 31.2 Å². The Balaban J connectivity index is 2.19. The van der Waals surface area contributed by atoms with Crippen LogP contribution < -0.4 is 4.74 Å². The first-order chi connectivity index (χ1) is 12.0. The van der Waals surface area contributed by atoms with Gasteiger partial charge in [-0.1, -0.05) is 37.6 Å². The number of ether oxygens (including phenoxy) is 1. The van der Waals surface area contributed by atoms with E-state index in [-0.39, 0.29) is 11.8 Å². The average Bonchev–Trinajstić information content (AvgIpc) is 3.02. The summed E-state index contributed by atoms with van der Waals surface area (Å²) in [4.78, 5) is 15.8. The lowest BCUT2D eigenvalue weighted by Gasteiger charge is -2.28. The molecule has 0 N–H and O–H groups in total. The minimum Gasteiger partial charge on any atom is -0.479 e. The Morgan fingerprint density at radius 1 is 1.32 bits per heavy atom. The van der Waals surface area contributed by atoms with Gasteiger partial charge >= 0.3 is 0 Å². The van der Waals surface area contributed by atoms with Gasteiger partial charge in [0.15, 0.2) is 6.10 Å². The number of nitrogens with zero attached hydrogens (tertiary/aromatic N) is 2. The summed E-state index contributed by atoms with van der Waals surface area (Å²) in [5.74, 6) is 0.322. The number of benzene rings is 1. The van der Waals surface area contributed by atoms with Gasteiger partial charge in [-0.3, -0.25) is 4.79 Å². The van der Waals surface area contributed by atoms with E-state index in [4.69, 9.17) is 16.3 Å². The number of nitriles is 1. The molecule has 0 radical (unpaired) electrons. The Bertz CT molecular complexity index is 767. The normalized spacial score (nSPS) is 11.8. The van der Waals surface area contributed by atoms with E-state index >= 15 is 0 Å². The van der Waals surface area contributed by atoms with E-state index in [1.165, 1.54) is 11.3 Å². The van der Waals surface area contributed by atoms with E-state index in [1.807, 2.05) is 32.9 Å². The molecule has 0 bridgehead atoms. The highest BCUT2D eigenvalue weighted by Crippen LogP contribution is 2.25. The predicted molar refractivity (Wildman–Crippen MR) is 101 cm³/mol. The SMILES string of the molecule is CCN(Cc1ccc(Cl)s1)C(=O)C(Oc1ccccc1C#N)C(C)C. The van der Waals surface area contributed by atoms with Crippen LogP contribution in [0.5, 0.6) is 5.75 Å². The Kier molecular flexibility index (Phi) is 6.86. The van der Waals surface area contributed by atoms with Gasteiger partial charge in [0.25, 0.3) is 5.91 Å². The molecule has 4 nitrogen and oxygen atoms in total. The number of halogens is 1. The Morgan fingerprint density at radius 2 is 2.04 bits per heavy atom. The standard InChI is InChI=1S/C19H21ClN2O2S/c1-4-22(12-15-9-10-17(20)25-15)19(23)18(13(2)3)24-16-8-6-5-7-14(16)11-21/h5-10,13,18H,4,12H2,1-3H3. The summed E-state index contributed by atoms with van der Waals surface area (Å²) in [5.41, 5.74) is 0.425. The first-order valence-corrected chi connectivity index (χ1v) is 9.34. The zero-order valence-electron chi connectivity index (χ0n) is 14.5. The molecular weight excluding hydrogens is 356 g/mol. The van der Waals surface area contributed by atoms with Crippen LogP contribution in [0.3, 0.4) is 0 Å². The van der Waals surface area contributed by atoms with E-state index in [0.29, 0.717) is 28.7 Å². The zero-order valence-corrected chi connectivity index (χ0v) is 16.1. The molecule has 1 unspecified atom stereocenters. The molecule has 0 fully saturated rings. The maximum absolute atomic E-state index is 13.0. The van der Waals surface area contributed by atoms with Crippen molar-refractivity contribution in [3.63, 3.8) is 0 Å². The first-order valence-electron chi connectivity index (χ1n) is 8.15. The zero-order chi connectivity index (χ0) is 18.4. The van der Waals surface area contributed by atoms with Crippen molar-refractivity contribution in [1.29, 1.82) is 5.26 Å². The van der Waals surface area contributed by atoms with Crippen molar-refractivity contribution in [3.8, 4) is 11.8 Å². The van der Waals surface area contributed by atoms with Crippen molar-refractivity contribution in [3.05, 3.63) is 51.2 Å². The topological polar surface area (TPSA) is 53.3 Å². The molecule has 132 valence electrons. The highest BCUT2D eigenvalue weighted by atomic mass is 35.5. The summed E-state index contributed by atoms with van der Waals surface area (Å²) < 4.78 is 6.66. The highest BCUT2D eigenvalue weighted by Gasteiger charge is 2.29. The smallest absolute Gasteiger partial charge is 0.264 e. The number of thiophene rings is 1. The van der Waals surface area contributed by atoms with Gasteiger partial charge < -0.3 is 9.64 Å². The lowest BCUT2D eigenvalue weighted by molar-refractivity contribution is -0.141. The second-order valence-electron chi connectivity index (χ2n) is 5.95. The van der Waals surface area contributed by atoms with Crippen molar-refractivity contribution in [2.24, 2.45) is 5.92 Å². The van der Waals surface area contributed by atoms with Gasteiger partial charge in [-0.15, -0.1) is 11.3 Å². The molecule has 0 aliphatic carbocycles. The molecule has 2 aromatic rings. The van der Waals surface area contributed by atoms with Crippen molar-refractivity contribution in [2.45, 2.75) is 33.4 Å². The number of likely N-dealkylation sites (N-methyl/N-ethyl adjacent to an activating group) is 1. The molecule has 0 aliphatic rings. The summed E-state index contributed by atoms with van der Waals surface area (Å²) in [6.45, 7) is 6.88. The molecule has 0 saturated carbocycles. The fraction of sp³-hybridized carbons (Fsp3) is 0.368. The molecular formula is C19H21ClN2O2S. The predicted octanol–water partition coefficient (Wildman–Crippen LogP) is 4.73. The Morgan fingerprint density at radius 3 is 2.60 bits per heavy atom. The molecule has 0 saturated heterocycles. The minimum atomic E-state index is -0.648. The molecule has 25 heavy (non-hydrogen) atoms. The van der Waals surface area contributed by atoms with Gasteiger partial charge in [0.1, 0.15) is 11.8 Å². The number of hydrogen-bond acceptors (Lipinski definition) is 4. The highest BCUT2D eigenvalue weighted by molar-refractivity contribution is 7.16. The van der Waals surface area contributed by atoms with E-state index in [9.17, 15) is 10.1 Å². The first kappa shape index (κ1) is 19.3. The summed E-state index contributed by atoms with van der Waals surface area (Å²) in [5, 5.41) is 9.22. The van der Waals surface area contributed by atoms with Crippen LogP contribution in [0.25, 0.3) is 0 Å². The summed E-state index contributed by atoms with van der Waals surface area (Å²) in [6, 6.07) is 12.8. The van der Waals surface area contributed by atoms with E-state index in [1.54, 1.807) is 29.2 Å². The third kappa shape index (κ3) is 4.97. The Labute approximate surface area is 157 Å². The fourth-order valence-corrected chi connectivity index (χ4v) is 3.52. The summed E-state index contributed by atoms with van der Waals surface area (Å²) in [6.07, 6.45) is -0.648. The van der Waals surface area contributed by atoms with Crippen molar-refractivity contribution in [1.82, 2.24) is 4.90 Å². The van der Waals surface area contributed by atoms with E-state index in [2.05, 4.69) is 6.07 Å². The molecule has 1 aromatic carbocycles. The molecule has 0 aliphatic heterocycles. The van der Waals surface area contributed by atoms with Gasteiger partial charge in [-0.2, -0.15) is 5.26 Å². The molecule has 0 spiro atoms. The van der Waals surface area contributed by atoms with Gasteiger partial charge in [0.05, 0.1) is 16.4 Å². The summed E-state index contributed by atoms with van der Waals surface area (Å²) >= 11 is 7.45. The van der Waals surface area contributed by atoms with Crippen LogP contribution in [0.15, 0.2) is 36.4 Å². The lowest BCUT2D eigenvalue weighted by Crippen LogP contribution is -2.44. The largest absolute Gasteiger partial charge is 0.479 e. The van der Waals surface area contributed by atoms with Gasteiger partial charge in [-0.25, -0.2) is 0 Å². The molecule has 1 amide bonds. The van der Waals surface area contributed by atoms with Crippen molar-refractivity contribution in [2.75, 3.05) is 6.54 Å². The third-order valence-electron chi connectivity index (χ3n) is 3.78. The number of carbonyl (C=O) groups is 1. The van der Waals surface area contributed by atoms with Crippen LogP contribution in [0, 0.1) is 17.2 Å². The maximum Gasteiger partial charge on any atom is 0.264 e. The van der Waals surface area contributed by atoms with Gasteiger partial charge in [0, 0.05) is 11.4 Å². The van der Waals surface area contributed by atoms with E-state index < -0.39 is 6.10 Å². The number of amides is 1. The molecule has 2 rings (SSSR count). The molecule has 1 heterocycles. The maximum atomic E-state index is 13.0. The van der Waals surface area contributed by atoms with Crippen molar-refractivity contribution < 1.29 is 9.53 Å². The number of hydrogen-bond donors (Lipinski definition) is 0. The van der Waals surface area contributed by atoms with Gasteiger partial charge in [0.2, 0.25) is 0 Å². The lowest BCUT2D eigenvalue weighted by atomic mass is 10.1. The van der Waals surface area contributed by atoms with E-state index in [0.717, 1.165) is 4.88 Å². The van der Waals surface area contributed by atoms with Crippen LogP contribution in [-0.2, 0) is 11.3 Å². The number of rotatable bonds is 7. The monoisotopic (exact) mass is 376 g/mol. The quantitative estimate of drug-likeness (QED) is 0.702. The minimum absolute atomic E-state index is 0.0276. The second-order valence-corrected chi connectivity index (χ2v) is 7.75. The summed E-state index contributed by atoms with van der Waals surface area (Å²) in [7, 11) is 0. The van der Waals surface area contributed by atoms with Crippen LogP contribution >= 0.6 is 22.9 Å². The second kappa shape index (κ2) is 8.89. The fourth-order valence-electron chi connectivity index (χ4n) is 2.42. The van der Waals surface area contributed by atoms with Crippen LogP contribution in [0.4, 0.5) is 0 Å². The Hall–Kier alpha value is -2.03. The molecule has 1 aromatic heterocycles. The van der Waals surface area contributed by atoms with Crippen LogP contribution in [-0.4, -0.2) is 23.5 Å². The number of carbonyl (C=O) groups excluding carboxylic acids is 1. The van der Waals surface area contributed by atoms with Crippen LogP contribution in [0.2, 0.25) is 4.34 Å².